The summed E-state index contributed by atoms with van der Waals surface area (Å²) in [6.07, 6.45) is -4.32. The number of rotatable bonds is 2. The highest BCUT2D eigenvalue weighted by atomic mass is 19.4. The largest absolute Gasteiger partial charge is 0.416 e. The maximum atomic E-state index is 12.8. The van der Waals surface area contributed by atoms with Crippen LogP contribution < -0.4 is 4.90 Å². The Hall–Kier alpha value is -2.75. The molecule has 0 fully saturated rings. The molecular formula is C24H22F3N. The predicted octanol–water partition coefficient (Wildman–Crippen LogP) is 7.09. The quantitative estimate of drug-likeness (QED) is 0.458. The molecule has 1 aliphatic carbocycles. The van der Waals surface area contributed by atoms with Crippen LogP contribution in [0.3, 0.4) is 0 Å². The monoisotopic (exact) mass is 381 g/mol. The van der Waals surface area contributed by atoms with E-state index in [1.165, 1.54) is 39.9 Å². The van der Waals surface area contributed by atoms with Crippen LogP contribution in [0.1, 0.15) is 36.1 Å². The van der Waals surface area contributed by atoms with Gasteiger partial charge in [0.2, 0.25) is 0 Å². The molecule has 0 atom stereocenters. The molecule has 144 valence electrons. The Kier molecular flexibility index (Phi) is 4.07. The maximum Gasteiger partial charge on any atom is 0.416 e. The van der Waals surface area contributed by atoms with Crippen LogP contribution in [-0.4, -0.2) is 7.05 Å². The predicted molar refractivity (Wildman–Crippen MR) is 108 cm³/mol. The lowest BCUT2D eigenvalue weighted by atomic mass is 9.82. The van der Waals surface area contributed by atoms with Gasteiger partial charge in [-0.15, -0.1) is 0 Å². The van der Waals surface area contributed by atoms with Crippen LogP contribution in [0, 0.1) is 6.92 Å². The summed E-state index contributed by atoms with van der Waals surface area (Å²) in [7, 11) is 1.88. The Morgan fingerprint density at radius 1 is 0.750 bits per heavy atom. The average molecular weight is 381 g/mol. The smallest absolute Gasteiger partial charge is 0.345 e. The van der Waals surface area contributed by atoms with Crippen LogP contribution in [0.25, 0.3) is 11.1 Å². The Labute approximate surface area is 163 Å². The molecule has 0 N–H and O–H groups in total. The molecule has 0 bridgehead atoms. The highest BCUT2D eigenvalue weighted by Crippen LogP contribution is 2.50. The minimum Gasteiger partial charge on any atom is -0.345 e. The fourth-order valence-corrected chi connectivity index (χ4v) is 4.07. The van der Waals surface area contributed by atoms with Crippen LogP contribution in [0.4, 0.5) is 24.5 Å². The minimum absolute atomic E-state index is 0.117. The molecular weight excluding hydrogens is 359 g/mol. The first kappa shape index (κ1) is 18.6. The number of nitrogens with zero attached hydrogens (tertiary/aromatic N) is 1. The van der Waals surface area contributed by atoms with Gasteiger partial charge in [-0.05, 0) is 65.6 Å². The van der Waals surface area contributed by atoms with Gasteiger partial charge >= 0.3 is 6.18 Å². The first-order valence-electron chi connectivity index (χ1n) is 9.26. The third kappa shape index (κ3) is 2.88. The summed E-state index contributed by atoms with van der Waals surface area (Å²) < 4.78 is 38.5. The Balaban J connectivity index is 1.72. The van der Waals surface area contributed by atoms with Crippen molar-refractivity contribution in [3.05, 3.63) is 82.9 Å². The van der Waals surface area contributed by atoms with E-state index in [1.807, 2.05) is 18.0 Å². The van der Waals surface area contributed by atoms with Gasteiger partial charge in [-0.1, -0.05) is 43.7 Å². The topological polar surface area (TPSA) is 3.24 Å². The number of halogens is 3. The van der Waals surface area contributed by atoms with Crippen molar-refractivity contribution in [2.24, 2.45) is 0 Å². The summed E-state index contributed by atoms with van der Waals surface area (Å²) in [5.41, 5.74) is 7.20. The second-order valence-electron chi connectivity index (χ2n) is 8.01. The van der Waals surface area contributed by atoms with Gasteiger partial charge in [-0.25, -0.2) is 0 Å². The molecule has 3 aromatic carbocycles. The zero-order valence-corrected chi connectivity index (χ0v) is 16.4. The molecule has 28 heavy (non-hydrogen) atoms. The number of hydrogen-bond donors (Lipinski definition) is 0. The standard InChI is InChI=1S/C24H22F3N/c1-15-5-11-19-20-12-10-18(14-22(20)23(2,3)21(19)13-15)28(4)17-8-6-16(7-9-17)24(25,26)27/h5-14H,1-4H3. The van der Waals surface area contributed by atoms with Gasteiger partial charge in [0, 0.05) is 23.8 Å². The fraction of sp³-hybridized carbons (Fsp3) is 0.250. The van der Waals surface area contributed by atoms with Crippen LogP contribution in [0.15, 0.2) is 60.7 Å². The van der Waals surface area contributed by atoms with E-state index in [-0.39, 0.29) is 5.41 Å². The van der Waals surface area contributed by atoms with Crippen molar-refractivity contribution in [1.82, 2.24) is 0 Å². The van der Waals surface area contributed by atoms with Crippen molar-refractivity contribution in [3.63, 3.8) is 0 Å². The van der Waals surface area contributed by atoms with E-state index in [1.54, 1.807) is 0 Å². The van der Waals surface area contributed by atoms with Crippen LogP contribution in [-0.2, 0) is 11.6 Å². The van der Waals surface area contributed by atoms with Crippen molar-refractivity contribution in [3.8, 4) is 11.1 Å². The molecule has 4 heteroatoms. The molecule has 0 heterocycles. The van der Waals surface area contributed by atoms with Crippen molar-refractivity contribution in [2.75, 3.05) is 11.9 Å². The number of aryl methyl sites for hydroxylation is 1. The Morgan fingerprint density at radius 3 is 1.89 bits per heavy atom. The maximum absolute atomic E-state index is 12.8. The molecule has 1 nitrogen and oxygen atoms in total. The van der Waals surface area contributed by atoms with E-state index < -0.39 is 11.7 Å². The molecule has 0 aliphatic heterocycles. The zero-order chi connectivity index (χ0) is 20.3. The lowest BCUT2D eigenvalue weighted by molar-refractivity contribution is -0.137. The van der Waals surface area contributed by atoms with E-state index >= 15 is 0 Å². The molecule has 0 amide bonds. The van der Waals surface area contributed by atoms with Gasteiger partial charge in [0.1, 0.15) is 0 Å². The summed E-state index contributed by atoms with van der Waals surface area (Å²) in [6, 6.07) is 18.1. The zero-order valence-electron chi connectivity index (χ0n) is 16.4. The second kappa shape index (κ2) is 6.13. The molecule has 0 spiro atoms. The van der Waals surface area contributed by atoms with E-state index in [2.05, 4.69) is 51.1 Å². The Morgan fingerprint density at radius 2 is 1.29 bits per heavy atom. The third-order valence-electron chi connectivity index (χ3n) is 5.78. The van der Waals surface area contributed by atoms with E-state index in [4.69, 9.17) is 0 Å². The molecule has 1 aliphatic rings. The summed E-state index contributed by atoms with van der Waals surface area (Å²) in [6.45, 7) is 6.54. The summed E-state index contributed by atoms with van der Waals surface area (Å²) in [5.74, 6) is 0. The second-order valence-corrected chi connectivity index (χ2v) is 8.01. The third-order valence-corrected chi connectivity index (χ3v) is 5.78. The minimum atomic E-state index is -4.32. The number of alkyl halides is 3. The molecule has 0 saturated carbocycles. The van der Waals surface area contributed by atoms with E-state index in [9.17, 15) is 13.2 Å². The first-order valence-corrected chi connectivity index (χ1v) is 9.26. The fourth-order valence-electron chi connectivity index (χ4n) is 4.07. The lowest BCUT2D eigenvalue weighted by Gasteiger charge is -2.25. The molecule has 0 aromatic heterocycles. The first-order chi connectivity index (χ1) is 13.1. The summed E-state index contributed by atoms with van der Waals surface area (Å²) in [4.78, 5) is 1.92. The van der Waals surface area contributed by atoms with Gasteiger partial charge < -0.3 is 4.90 Å². The number of hydrogen-bond acceptors (Lipinski definition) is 1. The van der Waals surface area contributed by atoms with Crippen molar-refractivity contribution < 1.29 is 13.2 Å². The normalized spacial score (nSPS) is 14.5. The molecule has 3 aromatic rings. The van der Waals surface area contributed by atoms with E-state index in [0.717, 1.165) is 23.5 Å². The van der Waals surface area contributed by atoms with Crippen molar-refractivity contribution >= 4 is 11.4 Å². The van der Waals surface area contributed by atoms with E-state index in [0.29, 0.717) is 0 Å². The van der Waals surface area contributed by atoms with Crippen molar-refractivity contribution in [2.45, 2.75) is 32.4 Å². The van der Waals surface area contributed by atoms with Crippen LogP contribution in [0.2, 0.25) is 0 Å². The summed E-state index contributed by atoms with van der Waals surface area (Å²) >= 11 is 0. The molecule has 0 unspecified atom stereocenters. The lowest BCUT2D eigenvalue weighted by Crippen LogP contribution is -2.16. The van der Waals surface area contributed by atoms with Gasteiger partial charge in [0.05, 0.1) is 5.56 Å². The number of fused-ring (bicyclic) bond motifs is 3. The van der Waals surface area contributed by atoms with Gasteiger partial charge in [-0.3, -0.25) is 0 Å². The highest BCUT2D eigenvalue weighted by molar-refractivity contribution is 5.83. The SMILES string of the molecule is Cc1ccc2c(c1)C(C)(C)c1cc(N(C)c3ccc(C(F)(F)F)cc3)ccc1-2. The number of benzene rings is 3. The van der Waals surface area contributed by atoms with Crippen LogP contribution >= 0.6 is 0 Å². The molecule has 0 radical (unpaired) electrons. The van der Waals surface area contributed by atoms with Gasteiger partial charge in [0.15, 0.2) is 0 Å². The number of anilines is 2. The highest BCUT2D eigenvalue weighted by Gasteiger charge is 2.36. The van der Waals surface area contributed by atoms with Crippen molar-refractivity contribution in [1.29, 1.82) is 0 Å². The summed E-state index contributed by atoms with van der Waals surface area (Å²) in [5, 5.41) is 0. The molecule has 0 saturated heterocycles. The van der Waals surface area contributed by atoms with Gasteiger partial charge in [-0.2, -0.15) is 13.2 Å². The average Bonchev–Trinajstić information content (AvgIpc) is 2.87. The van der Waals surface area contributed by atoms with Gasteiger partial charge in [0.25, 0.3) is 0 Å². The Bertz CT molecular complexity index is 1050. The van der Waals surface area contributed by atoms with Crippen LogP contribution in [0.5, 0.6) is 0 Å². The molecule has 4 rings (SSSR count).